The number of amides is 3. The average molecular weight is 1030 g/mol. The molecule has 0 aromatic heterocycles. The van der Waals surface area contributed by atoms with Crippen LogP contribution in [0.4, 0.5) is 0 Å². The minimum absolute atomic E-state index is 0.772. The second kappa shape index (κ2) is 24.4. The van der Waals surface area contributed by atoms with Crippen molar-refractivity contribution in [3.63, 3.8) is 0 Å². The molecule has 400 valence electrons. The van der Waals surface area contributed by atoms with E-state index in [1.807, 2.05) is 0 Å². The summed E-state index contributed by atoms with van der Waals surface area (Å²) in [6, 6.07) is -4.97. The number of aliphatic hydroxyl groups excluding tert-OH is 13. The van der Waals surface area contributed by atoms with Gasteiger partial charge >= 0.3 is 10.4 Å². The molecule has 0 aromatic rings. The van der Waals surface area contributed by atoms with E-state index in [4.69, 9.17) is 47.2 Å². The van der Waals surface area contributed by atoms with Crippen LogP contribution in [0.15, 0.2) is 0 Å². The number of ether oxygens (including phenoxy) is 9. The number of rotatable bonds is 18. The molecule has 69 heavy (non-hydrogen) atoms. The van der Waals surface area contributed by atoms with Crippen molar-refractivity contribution in [2.45, 2.75) is 174 Å². The van der Waals surface area contributed by atoms with Crippen molar-refractivity contribution in [3.05, 3.63) is 0 Å². The van der Waals surface area contributed by atoms with Crippen molar-refractivity contribution in [3.8, 4) is 0 Å². The van der Waals surface area contributed by atoms with Crippen molar-refractivity contribution in [2.24, 2.45) is 0 Å². The van der Waals surface area contributed by atoms with Gasteiger partial charge in [-0.15, -0.1) is 0 Å². The van der Waals surface area contributed by atoms with Gasteiger partial charge in [0.05, 0.1) is 33.0 Å². The highest BCUT2D eigenvalue weighted by Gasteiger charge is 2.56. The van der Waals surface area contributed by atoms with E-state index < -0.39 is 214 Å². The van der Waals surface area contributed by atoms with Gasteiger partial charge in [-0.05, 0) is 0 Å². The van der Waals surface area contributed by atoms with Crippen molar-refractivity contribution in [1.82, 2.24) is 16.0 Å². The standard InChI is InChI=1S/C36H61N3O29S/c1-9(43)37-17-24(50)21(47)16(8-60-69(56,57)58)65-33(17)59-7-15-23(49)30(18(32(55)61-15)38-10(2)44)67-36-28(54)26(52)29(14(6-42)64-36)66-34-19(39-11(3)45)31(22(48)13(5-41)62-34)68-35-27(53)25(51)20(46)12(4-40)63-35/h12-36,40-42,46-55H,4-8H2,1-3H3,(H,37,43)(H,38,44)(H,39,45)(H,56,57,58)/t12-,13-,14-,15-,16-,17-,18-,19-,20+,21-,22+,23+,24-,25+,26-,27-,28-,29+,30-,31-,32-,33-,34-,35+,36+/m1/s1. The number of carbonyl (C=O) groups excluding carboxylic acids is 3. The molecule has 0 saturated carbocycles. The molecule has 32 nitrogen and oxygen atoms in total. The van der Waals surface area contributed by atoms with Crippen LogP contribution in [0.5, 0.6) is 0 Å². The molecule has 33 heteroatoms. The van der Waals surface area contributed by atoms with Gasteiger partial charge < -0.3 is 125 Å². The van der Waals surface area contributed by atoms with Crippen molar-refractivity contribution in [1.29, 1.82) is 0 Å². The number of hydrogen-bond donors (Lipinski definition) is 17. The summed E-state index contributed by atoms with van der Waals surface area (Å²) < 4.78 is 86.7. The molecule has 5 saturated heterocycles. The molecule has 5 aliphatic rings. The zero-order valence-electron chi connectivity index (χ0n) is 36.8. The predicted octanol–water partition coefficient (Wildman–Crippen LogP) is -11.7. The third-order valence-corrected chi connectivity index (χ3v) is 12.1. The summed E-state index contributed by atoms with van der Waals surface area (Å²) in [7, 11) is -5.08. The molecule has 17 N–H and O–H groups in total. The van der Waals surface area contributed by atoms with Crippen LogP contribution < -0.4 is 16.0 Å². The molecule has 0 aliphatic carbocycles. The van der Waals surface area contributed by atoms with E-state index in [1.165, 1.54) is 0 Å². The van der Waals surface area contributed by atoms with Gasteiger partial charge in [0.1, 0.15) is 122 Å². The summed E-state index contributed by atoms with van der Waals surface area (Å²) in [6.45, 7) is -1.75. The van der Waals surface area contributed by atoms with Gasteiger partial charge in [0.2, 0.25) is 17.7 Å². The van der Waals surface area contributed by atoms with E-state index in [-0.39, 0.29) is 0 Å². The van der Waals surface area contributed by atoms with Gasteiger partial charge in [-0.3, -0.25) is 18.9 Å². The molecule has 3 amide bonds. The quantitative estimate of drug-likeness (QED) is 0.0567. The molecule has 0 unspecified atom stereocenters. The molecule has 25 atom stereocenters. The van der Waals surface area contributed by atoms with E-state index in [2.05, 4.69) is 20.1 Å². The molecule has 0 bridgehead atoms. The Morgan fingerprint density at radius 1 is 0.449 bits per heavy atom. The second-order valence-corrected chi connectivity index (χ2v) is 17.8. The van der Waals surface area contributed by atoms with Crippen LogP contribution in [0.1, 0.15) is 20.8 Å². The summed E-state index contributed by atoms with van der Waals surface area (Å²) >= 11 is 0. The Balaban J connectivity index is 1.35. The van der Waals surface area contributed by atoms with Gasteiger partial charge in [0.25, 0.3) is 0 Å². The Morgan fingerprint density at radius 3 is 1.42 bits per heavy atom. The van der Waals surface area contributed by atoms with E-state index in [9.17, 15) is 89.2 Å². The van der Waals surface area contributed by atoms with E-state index in [0.29, 0.717) is 0 Å². The van der Waals surface area contributed by atoms with E-state index in [0.717, 1.165) is 20.8 Å². The highest BCUT2D eigenvalue weighted by molar-refractivity contribution is 7.80. The third kappa shape index (κ3) is 13.7. The molecule has 5 rings (SSSR count). The van der Waals surface area contributed by atoms with Crippen LogP contribution in [0.25, 0.3) is 0 Å². The first-order valence-electron chi connectivity index (χ1n) is 21.2. The lowest BCUT2D eigenvalue weighted by Gasteiger charge is -2.50. The zero-order valence-corrected chi connectivity index (χ0v) is 37.6. The maximum absolute atomic E-state index is 12.5. The molecule has 5 heterocycles. The van der Waals surface area contributed by atoms with Gasteiger partial charge in [0.15, 0.2) is 31.5 Å². The summed E-state index contributed by atoms with van der Waals surface area (Å²) in [4.78, 5) is 36.7. The molecule has 0 aromatic carbocycles. The topological polar surface area (TPSA) is 497 Å². The summed E-state index contributed by atoms with van der Waals surface area (Å²) in [5.41, 5.74) is 0. The van der Waals surface area contributed by atoms with E-state index >= 15 is 0 Å². The largest absolute Gasteiger partial charge is 0.397 e. The maximum atomic E-state index is 12.5. The molecular formula is C36H61N3O29S. The lowest BCUT2D eigenvalue weighted by atomic mass is 9.94. The Labute approximate surface area is 391 Å². The monoisotopic (exact) mass is 1030 g/mol. The van der Waals surface area contributed by atoms with Crippen LogP contribution in [-0.2, 0) is 71.6 Å². The lowest BCUT2D eigenvalue weighted by Crippen LogP contribution is -2.70. The van der Waals surface area contributed by atoms with Crippen LogP contribution in [0, 0.1) is 0 Å². The fraction of sp³-hybridized carbons (Fsp3) is 0.917. The van der Waals surface area contributed by atoms with Crippen molar-refractivity contribution >= 4 is 28.1 Å². The minimum atomic E-state index is -5.08. The highest BCUT2D eigenvalue weighted by Crippen LogP contribution is 2.35. The number of carbonyl (C=O) groups is 3. The van der Waals surface area contributed by atoms with Crippen LogP contribution in [-0.4, -0.2) is 283 Å². The summed E-state index contributed by atoms with van der Waals surface area (Å²) in [5, 5.41) is 147. The van der Waals surface area contributed by atoms with Crippen LogP contribution >= 0.6 is 0 Å². The fourth-order valence-corrected chi connectivity index (χ4v) is 8.58. The van der Waals surface area contributed by atoms with Crippen molar-refractivity contribution < 1.29 is 141 Å². The molecular weight excluding hydrogens is 970 g/mol. The molecule has 0 spiro atoms. The SMILES string of the molecule is CC(=O)N[C@@H]1[C@@H](O[C@@H]2O[C@H](CO)[C@H](O[C@H]3O[C@H](CO)[C@H](O)[C@H](O[C@@H]4O[C@H](CO)[C@H](O)[C@H](O)[C@H]4O)[C@H]3NC(C)=O)[C@H](O)[C@H]2O)[C@@H](O)[C@@H](CO[C@@H]2O[C@H](COS(=O)(=O)O)[C@@H](O)[C@H](O)[C@H]2NC(C)=O)O[C@H]1O. The molecule has 5 fully saturated rings. The van der Waals surface area contributed by atoms with Gasteiger partial charge in [-0.2, -0.15) is 8.42 Å². The first kappa shape index (κ1) is 57.3. The van der Waals surface area contributed by atoms with Gasteiger partial charge in [-0.25, -0.2) is 4.18 Å². The number of aliphatic hydroxyl groups is 13. The Hall–Kier alpha value is -2.60. The smallest absolute Gasteiger partial charge is 0.394 e. The average Bonchev–Trinajstić information content (AvgIpc) is 3.27. The molecule has 5 aliphatic heterocycles. The zero-order chi connectivity index (χ0) is 51.4. The predicted molar refractivity (Wildman–Crippen MR) is 212 cm³/mol. The first-order chi connectivity index (χ1) is 32.3. The summed E-state index contributed by atoms with van der Waals surface area (Å²) in [5.74, 6) is -2.40. The Morgan fingerprint density at radius 2 is 0.870 bits per heavy atom. The Bertz CT molecular complexity index is 1810. The van der Waals surface area contributed by atoms with Crippen LogP contribution in [0.3, 0.4) is 0 Å². The Kier molecular flexibility index (Phi) is 20.3. The highest BCUT2D eigenvalue weighted by atomic mass is 32.3. The normalized spacial score (nSPS) is 45.3. The van der Waals surface area contributed by atoms with E-state index in [1.54, 1.807) is 0 Å². The minimum Gasteiger partial charge on any atom is -0.394 e. The van der Waals surface area contributed by atoms with Gasteiger partial charge in [-0.1, -0.05) is 0 Å². The molecule has 0 radical (unpaired) electrons. The number of hydrogen-bond acceptors (Lipinski definition) is 28. The van der Waals surface area contributed by atoms with Crippen LogP contribution in [0.2, 0.25) is 0 Å². The maximum Gasteiger partial charge on any atom is 0.397 e. The second-order valence-electron chi connectivity index (χ2n) is 16.7. The van der Waals surface area contributed by atoms with Gasteiger partial charge in [0, 0.05) is 20.8 Å². The first-order valence-corrected chi connectivity index (χ1v) is 22.6. The third-order valence-electron chi connectivity index (χ3n) is 11.7. The number of nitrogens with one attached hydrogen (secondary N) is 3. The van der Waals surface area contributed by atoms with Crippen molar-refractivity contribution in [2.75, 3.05) is 33.0 Å². The fourth-order valence-electron chi connectivity index (χ4n) is 8.28. The lowest BCUT2D eigenvalue weighted by molar-refractivity contribution is -0.374. The summed E-state index contributed by atoms with van der Waals surface area (Å²) in [6.07, 6.45) is -41.6.